The summed E-state index contributed by atoms with van der Waals surface area (Å²) in [7, 11) is 0. The minimum Gasteiger partial charge on any atom is -0.368 e. The molecule has 1 aliphatic carbocycles. The lowest BCUT2D eigenvalue weighted by Crippen LogP contribution is -2.53. The van der Waals surface area contributed by atoms with Crippen molar-refractivity contribution in [1.29, 1.82) is 0 Å². The monoisotopic (exact) mass is 395 g/mol. The maximum Gasteiger partial charge on any atom is 0.325 e. The highest BCUT2D eigenvalue weighted by Crippen LogP contribution is 2.38. The number of aryl methyl sites for hydroxylation is 1. The van der Waals surface area contributed by atoms with Crippen LogP contribution in [0.1, 0.15) is 44.0 Å². The van der Waals surface area contributed by atoms with E-state index in [1.165, 1.54) is 4.90 Å². The number of amides is 3. The first kappa shape index (κ1) is 19.1. The molecule has 1 aromatic carbocycles. The smallest absolute Gasteiger partial charge is 0.325 e. The number of anilines is 3. The van der Waals surface area contributed by atoms with E-state index < -0.39 is 11.6 Å². The van der Waals surface area contributed by atoms with Crippen molar-refractivity contribution in [3.8, 4) is 0 Å². The zero-order chi connectivity index (χ0) is 20.6. The average molecular weight is 395 g/mol. The highest BCUT2D eigenvalue weighted by Gasteiger charge is 2.54. The highest BCUT2D eigenvalue weighted by molar-refractivity contribution is 6.07. The molecule has 4 rings (SSSR count). The third-order valence-electron chi connectivity index (χ3n) is 5.89. The van der Waals surface area contributed by atoms with Gasteiger partial charge in [0.15, 0.2) is 5.82 Å². The van der Waals surface area contributed by atoms with Gasteiger partial charge in [-0.05, 0) is 37.3 Å². The number of imide groups is 1. The Morgan fingerprint density at radius 2 is 2.03 bits per heavy atom. The number of benzene rings is 1. The molecule has 0 unspecified atom stereocenters. The van der Waals surface area contributed by atoms with Crippen LogP contribution in [0.15, 0.2) is 24.3 Å². The first-order valence-electron chi connectivity index (χ1n) is 9.86. The SMILES string of the molecule is Cc1ccccc1Nc1nc(N)nc(CN2C(=O)N[C@@]3(CCCC[C@@H]3C)C2=O)n1. The van der Waals surface area contributed by atoms with Gasteiger partial charge in [-0.15, -0.1) is 0 Å². The molecule has 1 aliphatic heterocycles. The molecule has 1 saturated heterocycles. The molecule has 152 valence electrons. The van der Waals surface area contributed by atoms with Gasteiger partial charge in [0.25, 0.3) is 5.91 Å². The number of nitrogens with one attached hydrogen (secondary N) is 2. The molecule has 9 nitrogen and oxygen atoms in total. The second-order valence-corrected chi connectivity index (χ2v) is 7.81. The lowest BCUT2D eigenvalue weighted by Gasteiger charge is -2.36. The summed E-state index contributed by atoms with van der Waals surface area (Å²) in [6, 6.07) is 7.30. The summed E-state index contributed by atoms with van der Waals surface area (Å²) >= 11 is 0. The molecular formula is C20H25N7O2. The number of aromatic nitrogens is 3. The Balaban J connectivity index is 1.56. The molecule has 2 aromatic rings. The molecule has 9 heteroatoms. The Hall–Kier alpha value is -3.23. The van der Waals surface area contributed by atoms with Crippen LogP contribution in [-0.4, -0.2) is 37.3 Å². The van der Waals surface area contributed by atoms with Crippen LogP contribution >= 0.6 is 0 Å². The van der Waals surface area contributed by atoms with Crippen molar-refractivity contribution < 1.29 is 9.59 Å². The Labute approximate surface area is 169 Å². The standard InChI is InChI=1S/C20H25N7O2/c1-12-7-3-4-9-14(12)22-18-24-15(23-17(21)25-18)11-27-16(28)20(26-19(27)29)10-6-5-8-13(20)2/h3-4,7,9,13H,5-6,8,10-11H2,1-2H3,(H,26,29)(H3,21,22,23,24,25)/t13-,20+/m0/s1. The minimum atomic E-state index is -0.809. The Bertz CT molecular complexity index is 964. The number of hydrogen-bond acceptors (Lipinski definition) is 7. The van der Waals surface area contributed by atoms with E-state index in [0.717, 1.165) is 30.5 Å². The van der Waals surface area contributed by atoms with E-state index in [9.17, 15) is 9.59 Å². The first-order valence-corrected chi connectivity index (χ1v) is 9.86. The number of carbonyl (C=O) groups is 2. The van der Waals surface area contributed by atoms with Gasteiger partial charge < -0.3 is 16.4 Å². The maximum atomic E-state index is 13.1. The molecule has 2 heterocycles. The molecule has 1 saturated carbocycles. The van der Waals surface area contributed by atoms with Gasteiger partial charge in [0, 0.05) is 5.69 Å². The predicted octanol–water partition coefficient (Wildman–Crippen LogP) is 2.51. The number of para-hydroxylation sites is 1. The van der Waals surface area contributed by atoms with E-state index >= 15 is 0 Å². The molecule has 0 radical (unpaired) electrons. The van der Waals surface area contributed by atoms with E-state index in [4.69, 9.17) is 5.73 Å². The molecule has 4 N–H and O–H groups in total. The van der Waals surface area contributed by atoms with Crippen LogP contribution in [0.3, 0.4) is 0 Å². The molecule has 3 amide bonds. The van der Waals surface area contributed by atoms with Gasteiger partial charge in [-0.1, -0.05) is 38.0 Å². The Morgan fingerprint density at radius 1 is 1.24 bits per heavy atom. The molecule has 29 heavy (non-hydrogen) atoms. The van der Waals surface area contributed by atoms with Gasteiger partial charge in [-0.3, -0.25) is 9.69 Å². The van der Waals surface area contributed by atoms with Crippen molar-refractivity contribution in [2.45, 2.75) is 51.6 Å². The summed E-state index contributed by atoms with van der Waals surface area (Å²) in [5.74, 6) is 0.451. The zero-order valence-electron chi connectivity index (χ0n) is 16.6. The molecule has 1 aromatic heterocycles. The summed E-state index contributed by atoms with van der Waals surface area (Å²) in [5.41, 5.74) is 6.90. The van der Waals surface area contributed by atoms with E-state index in [1.54, 1.807) is 0 Å². The number of rotatable bonds is 4. The summed E-state index contributed by atoms with van der Waals surface area (Å²) in [4.78, 5) is 39.5. The van der Waals surface area contributed by atoms with Gasteiger partial charge in [0.1, 0.15) is 5.54 Å². The molecule has 2 aliphatic rings. The van der Waals surface area contributed by atoms with Crippen LogP contribution in [0.25, 0.3) is 0 Å². The lowest BCUT2D eigenvalue weighted by molar-refractivity contribution is -0.134. The Kier molecular flexibility index (Phi) is 4.81. The van der Waals surface area contributed by atoms with Gasteiger partial charge in [0.05, 0.1) is 6.54 Å². The summed E-state index contributed by atoms with van der Waals surface area (Å²) < 4.78 is 0. The quantitative estimate of drug-likeness (QED) is 0.679. The molecule has 2 fully saturated rings. The Morgan fingerprint density at radius 3 is 2.79 bits per heavy atom. The van der Waals surface area contributed by atoms with Crippen LogP contribution < -0.4 is 16.4 Å². The molecule has 0 bridgehead atoms. The fourth-order valence-electron chi connectivity index (χ4n) is 4.18. The number of carbonyl (C=O) groups excluding carboxylic acids is 2. The summed E-state index contributed by atoms with van der Waals surface area (Å²) in [6.45, 7) is 3.94. The number of nitrogens with two attached hydrogens (primary N) is 1. The number of hydrogen-bond donors (Lipinski definition) is 3. The third kappa shape index (κ3) is 3.48. The van der Waals surface area contributed by atoms with Gasteiger partial charge in [-0.2, -0.15) is 15.0 Å². The normalized spacial score (nSPS) is 24.1. The summed E-state index contributed by atoms with van der Waals surface area (Å²) in [5, 5.41) is 6.05. The molecule has 1 spiro atoms. The molecular weight excluding hydrogens is 370 g/mol. The van der Waals surface area contributed by atoms with Gasteiger partial charge >= 0.3 is 6.03 Å². The van der Waals surface area contributed by atoms with Crippen molar-refractivity contribution in [3.05, 3.63) is 35.7 Å². The van der Waals surface area contributed by atoms with Crippen molar-refractivity contribution in [2.75, 3.05) is 11.1 Å². The second kappa shape index (κ2) is 7.31. The van der Waals surface area contributed by atoms with E-state index in [0.29, 0.717) is 6.42 Å². The highest BCUT2D eigenvalue weighted by atomic mass is 16.2. The first-order chi connectivity index (χ1) is 13.9. The number of urea groups is 1. The average Bonchev–Trinajstić information content (AvgIpc) is 2.91. The number of nitrogens with zero attached hydrogens (tertiary/aromatic N) is 4. The lowest BCUT2D eigenvalue weighted by atomic mass is 9.73. The topological polar surface area (TPSA) is 126 Å². The van der Waals surface area contributed by atoms with Crippen molar-refractivity contribution in [1.82, 2.24) is 25.2 Å². The maximum absolute atomic E-state index is 13.1. The van der Waals surface area contributed by atoms with Crippen molar-refractivity contribution in [3.63, 3.8) is 0 Å². The fraction of sp³-hybridized carbons (Fsp3) is 0.450. The summed E-state index contributed by atoms with van der Waals surface area (Å²) in [6.07, 6.45) is 3.58. The van der Waals surface area contributed by atoms with Crippen LogP contribution in [0.5, 0.6) is 0 Å². The van der Waals surface area contributed by atoms with Gasteiger partial charge in [-0.25, -0.2) is 4.79 Å². The largest absolute Gasteiger partial charge is 0.368 e. The van der Waals surface area contributed by atoms with Crippen molar-refractivity contribution >= 4 is 29.5 Å². The fourth-order valence-corrected chi connectivity index (χ4v) is 4.18. The van der Waals surface area contributed by atoms with Crippen LogP contribution in [0, 0.1) is 12.8 Å². The zero-order valence-corrected chi connectivity index (χ0v) is 16.6. The van der Waals surface area contributed by atoms with Crippen molar-refractivity contribution in [2.24, 2.45) is 5.92 Å². The molecule has 2 atom stereocenters. The second-order valence-electron chi connectivity index (χ2n) is 7.81. The minimum absolute atomic E-state index is 0.0267. The van der Waals surface area contributed by atoms with Crippen LogP contribution in [0.2, 0.25) is 0 Å². The van der Waals surface area contributed by atoms with Gasteiger partial charge in [0.2, 0.25) is 11.9 Å². The third-order valence-corrected chi connectivity index (χ3v) is 5.89. The van der Waals surface area contributed by atoms with E-state index in [-0.39, 0.29) is 36.1 Å². The number of nitrogen functional groups attached to an aromatic ring is 1. The van der Waals surface area contributed by atoms with E-state index in [1.807, 2.05) is 38.1 Å². The predicted molar refractivity (Wildman–Crippen MR) is 108 cm³/mol. The van der Waals surface area contributed by atoms with Crippen LogP contribution in [-0.2, 0) is 11.3 Å². The van der Waals surface area contributed by atoms with E-state index in [2.05, 4.69) is 25.6 Å². The van der Waals surface area contributed by atoms with Crippen LogP contribution in [0.4, 0.5) is 22.4 Å².